The standard InChI is InChI=1S/C13H18N2/c14-10-13-8-12(13)6-7-15(13)9-11-4-2-1-3-5-11/h1-5,12H,6-10,14H2/t12-,13+/m1/s1. The quantitative estimate of drug-likeness (QED) is 0.807. The van der Waals surface area contributed by atoms with E-state index in [1.54, 1.807) is 0 Å². The van der Waals surface area contributed by atoms with E-state index < -0.39 is 0 Å². The van der Waals surface area contributed by atoms with Crippen molar-refractivity contribution in [3.05, 3.63) is 35.9 Å². The fourth-order valence-electron chi connectivity index (χ4n) is 3.08. The zero-order valence-corrected chi connectivity index (χ0v) is 9.02. The second kappa shape index (κ2) is 3.32. The van der Waals surface area contributed by atoms with E-state index in [0.29, 0.717) is 5.54 Å². The molecular weight excluding hydrogens is 184 g/mol. The van der Waals surface area contributed by atoms with Gasteiger partial charge in [-0.15, -0.1) is 0 Å². The van der Waals surface area contributed by atoms with Crippen LogP contribution in [0.4, 0.5) is 0 Å². The molecule has 0 amide bonds. The van der Waals surface area contributed by atoms with Gasteiger partial charge in [-0.2, -0.15) is 0 Å². The third kappa shape index (κ3) is 1.40. The maximum Gasteiger partial charge on any atom is 0.0367 e. The summed E-state index contributed by atoms with van der Waals surface area (Å²) < 4.78 is 0. The van der Waals surface area contributed by atoms with Crippen molar-refractivity contribution in [2.45, 2.75) is 24.9 Å². The zero-order valence-electron chi connectivity index (χ0n) is 9.02. The van der Waals surface area contributed by atoms with Crippen molar-refractivity contribution in [3.8, 4) is 0 Å². The van der Waals surface area contributed by atoms with E-state index in [0.717, 1.165) is 19.0 Å². The minimum atomic E-state index is 0.385. The van der Waals surface area contributed by atoms with Gasteiger partial charge in [-0.05, 0) is 30.9 Å². The zero-order chi connectivity index (χ0) is 10.3. The first-order valence-corrected chi connectivity index (χ1v) is 5.84. The molecule has 2 N–H and O–H groups in total. The lowest BCUT2D eigenvalue weighted by Gasteiger charge is -2.27. The normalized spacial score (nSPS) is 34.1. The number of hydrogen-bond donors (Lipinski definition) is 1. The van der Waals surface area contributed by atoms with Crippen molar-refractivity contribution in [2.24, 2.45) is 11.7 Å². The molecule has 80 valence electrons. The molecule has 1 heterocycles. The highest BCUT2D eigenvalue weighted by molar-refractivity contribution is 5.20. The largest absolute Gasteiger partial charge is 0.329 e. The average molecular weight is 202 g/mol. The molecule has 1 aliphatic heterocycles. The first-order chi connectivity index (χ1) is 7.35. The molecule has 1 saturated carbocycles. The Hall–Kier alpha value is -0.860. The Morgan fingerprint density at radius 2 is 2.13 bits per heavy atom. The maximum atomic E-state index is 5.91. The summed E-state index contributed by atoms with van der Waals surface area (Å²) in [6.45, 7) is 3.15. The Morgan fingerprint density at radius 3 is 2.80 bits per heavy atom. The van der Waals surface area contributed by atoms with Crippen LogP contribution in [0.5, 0.6) is 0 Å². The molecule has 2 heteroatoms. The van der Waals surface area contributed by atoms with E-state index in [-0.39, 0.29) is 0 Å². The lowest BCUT2D eigenvalue weighted by molar-refractivity contribution is 0.206. The highest BCUT2D eigenvalue weighted by Gasteiger charge is 2.60. The molecule has 2 nitrogen and oxygen atoms in total. The predicted octanol–water partition coefficient (Wildman–Crippen LogP) is 1.61. The Balaban J connectivity index is 1.74. The minimum absolute atomic E-state index is 0.385. The Morgan fingerprint density at radius 1 is 1.33 bits per heavy atom. The number of piperidine rings is 1. The van der Waals surface area contributed by atoms with E-state index >= 15 is 0 Å². The maximum absolute atomic E-state index is 5.91. The van der Waals surface area contributed by atoms with Crippen molar-refractivity contribution in [1.82, 2.24) is 4.90 Å². The fraction of sp³-hybridized carbons (Fsp3) is 0.538. The van der Waals surface area contributed by atoms with Gasteiger partial charge in [0.25, 0.3) is 0 Å². The molecule has 0 radical (unpaired) electrons. The molecule has 2 atom stereocenters. The van der Waals surface area contributed by atoms with Gasteiger partial charge in [-0.25, -0.2) is 0 Å². The number of likely N-dealkylation sites (tertiary alicyclic amines) is 1. The molecule has 2 aliphatic rings. The molecule has 1 saturated heterocycles. The van der Waals surface area contributed by atoms with Crippen LogP contribution < -0.4 is 5.73 Å². The van der Waals surface area contributed by atoms with Crippen LogP contribution in [0.3, 0.4) is 0 Å². The molecule has 1 aromatic rings. The van der Waals surface area contributed by atoms with Crippen LogP contribution in [0.2, 0.25) is 0 Å². The first kappa shape index (κ1) is 9.37. The third-order valence-electron chi connectivity index (χ3n) is 4.15. The summed E-state index contributed by atoms with van der Waals surface area (Å²) in [5.41, 5.74) is 7.71. The topological polar surface area (TPSA) is 29.3 Å². The van der Waals surface area contributed by atoms with E-state index in [4.69, 9.17) is 5.73 Å². The SMILES string of the molecule is NC[C@@]12C[C@H]1CCN2Cc1ccccc1. The molecule has 15 heavy (non-hydrogen) atoms. The van der Waals surface area contributed by atoms with Crippen molar-refractivity contribution >= 4 is 0 Å². The van der Waals surface area contributed by atoms with Gasteiger partial charge >= 0.3 is 0 Å². The van der Waals surface area contributed by atoms with Crippen LogP contribution in [0, 0.1) is 5.92 Å². The monoisotopic (exact) mass is 202 g/mol. The van der Waals surface area contributed by atoms with Crippen LogP contribution in [-0.2, 0) is 6.54 Å². The van der Waals surface area contributed by atoms with E-state index in [2.05, 4.69) is 35.2 Å². The van der Waals surface area contributed by atoms with Crippen molar-refractivity contribution in [2.75, 3.05) is 13.1 Å². The summed E-state index contributed by atoms with van der Waals surface area (Å²) in [7, 11) is 0. The molecule has 1 aromatic carbocycles. The molecule has 0 aromatic heterocycles. The molecule has 0 unspecified atom stereocenters. The fourth-order valence-corrected chi connectivity index (χ4v) is 3.08. The van der Waals surface area contributed by atoms with Crippen molar-refractivity contribution < 1.29 is 0 Å². The van der Waals surface area contributed by atoms with Crippen LogP contribution in [0.25, 0.3) is 0 Å². The summed E-state index contributed by atoms with van der Waals surface area (Å²) >= 11 is 0. The molecule has 0 spiro atoms. The number of fused-ring (bicyclic) bond motifs is 1. The van der Waals surface area contributed by atoms with E-state index in [1.807, 2.05) is 0 Å². The molecular formula is C13H18N2. The number of nitrogens with zero attached hydrogens (tertiary/aromatic N) is 1. The van der Waals surface area contributed by atoms with E-state index in [9.17, 15) is 0 Å². The van der Waals surface area contributed by atoms with Crippen LogP contribution >= 0.6 is 0 Å². The predicted molar refractivity (Wildman–Crippen MR) is 61.4 cm³/mol. The van der Waals surface area contributed by atoms with Gasteiger partial charge in [0, 0.05) is 18.6 Å². The molecule has 1 aliphatic carbocycles. The number of rotatable bonds is 3. The van der Waals surface area contributed by atoms with Gasteiger partial charge in [0.05, 0.1) is 0 Å². The van der Waals surface area contributed by atoms with E-state index in [1.165, 1.54) is 24.9 Å². The molecule has 0 bridgehead atoms. The van der Waals surface area contributed by atoms with Crippen LogP contribution in [0.1, 0.15) is 18.4 Å². The summed E-state index contributed by atoms with van der Waals surface area (Å²) in [5.74, 6) is 0.895. The van der Waals surface area contributed by atoms with Crippen molar-refractivity contribution in [3.63, 3.8) is 0 Å². The number of benzene rings is 1. The summed E-state index contributed by atoms with van der Waals surface area (Å²) in [4.78, 5) is 2.59. The average Bonchev–Trinajstić information content (AvgIpc) is 2.92. The highest BCUT2D eigenvalue weighted by atomic mass is 15.3. The number of hydrogen-bond acceptors (Lipinski definition) is 2. The second-order valence-corrected chi connectivity index (χ2v) is 4.90. The smallest absolute Gasteiger partial charge is 0.0367 e. The van der Waals surface area contributed by atoms with Gasteiger partial charge in [0.1, 0.15) is 0 Å². The molecule has 3 rings (SSSR count). The second-order valence-electron chi connectivity index (χ2n) is 4.90. The Bertz CT molecular complexity index is 345. The van der Waals surface area contributed by atoms with Gasteiger partial charge in [-0.3, -0.25) is 4.90 Å². The summed E-state index contributed by atoms with van der Waals surface area (Å²) in [5, 5.41) is 0. The van der Waals surface area contributed by atoms with Gasteiger partial charge in [-0.1, -0.05) is 30.3 Å². The lowest BCUT2D eigenvalue weighted by atomic mass is 10.1. The van der Waals surface area contributed by atoms with Gasteiger partial charge < -0.3 is 5.73 Å². The van der Waals surface area contributed by atoms with Crippen LogP contribution in [-0.4, -0.2) is 23.5 Å². The third-order valence-corrected chi connectivity index (χ3v) is 4.15. The van der Waals surface area contributed by atoms with Gasteiger partial charge in [0.15, 0.2) is 0 Å². The van der Waals surface area contributed by atoms with Crippen LogP contribution in [0.15, 0.2) is 30.3 Å². The Kier molecular flexibility index (Phi) is 2.08. The first-order valence-electron chi connectivity index (χ1n) is 5.84. The summed E-state index contributed by atoms with van der Waals surface area (Å²) in [6, 6.07) is 10.7. The number of nitrogens with two attached hydrogens (primary N) is 1. The lowest BCUT2D eigenvalue weighted by Crippen LogP contribution is -2.40. The Labute approximate surface area is 91.1 Å². The van der Waals surface area contributed by atoms with Gasteiger partial charge in [0.2, 0.25) is 0 Å². The van der Waals surface area contributed by atoms with Crippen molar-refractivity contribution in [1.29, 1.82) is 0 Å². The molecule has 2 fully saturated rings. The summed E-state index contributed by atoms with van der Waals surface area (Å²) in [6.07, 6.45) is 2.68. The minimum Gasteiger partial charge on any atom is -0.329 e. The highest BCUT2D eigenvalue weighted by Crippen LogP contribution is 2.55.